The van der Waals surface area contributed by atoms with Gasteiger partial charge in [-0.1, -0.05) is 43.7 Å². The van der Waals surface area contributed by atoms with Gasteiger partial charge in [0.05, 0.1) is 6.10 Å². The molecule has 2 rings (SSSR count). The summed E-state index contributed by atoms with van der Waals surface area (Å²) < 4.78 is 5.90. The van der Waals surface area contributed by atoms with Crippen molar-refractivity contribution in [1.29, 1.82) is 0 Å². The van der Waals surface area contributed by atoms with E-state index in [-0.39, 0.29) is 6.10 Å². The quantitative estimate of drug-likeness (QED) is 0.801. The molecule has 0 atom stereocenters. The van der Waals surface area contributed by atoms with Crippen molar-refractivity contribution in [3.8, 4) is 5.75 Å². The lowest BCUT2D eigenvalue weighted by Gasteiger charge is -2.16. The van der Waals surface area contributed by atoms with Crippen molar-refractivity contribution >= 4 is 6.08 Å². The second kappa shape index (κ2) is 6.94. The highest BCUT2D eigenvalue weighted by atomic mass is 16.5. The first-order valence-corrected chi connectivity index (χ1v) is 7.75. The molecule has 1 aromatic carbocycles. The van der Waals surface area contributed by atoms with Crippen LogP contribution in [0.15, 0.2) is 29.8 Å². The Kier molecular flexibility index (Phi) is 5.24. The van der Waals surface area contributed by atoms with E-state index in [1.165, 1.54) is 24.0 Å². The average Bonchev–Trinajstić information content (AvgIpc) is 3.19. The molecule has 0 heterocycles. The SMILES string of the molecule is CC(C)Oc1ccccc1C=C(CNC1CC1)C(C)C. The molecule has 1 aliphatic rings. The Labute approximate surface area is 123 Å². The van der Waals surface area contributed by atoms with Gasteiger partial charge in [-0.15, -0.1) is 0 Å². The first kappa shape index (κ1) is 15.1. The van der Waals surface area contributed by atoms with E-state index in [1.807, 2.05) is 6.07 Å². The third-order valence-corrected chi connectivity index (χ3v) is 3.54. The molecule has 2 heteroatoms. The highest BCUT2D eigenvalue weighted by Gasteiger charge is 2.20. The van der Waals surface area contributed by atoms with Crippen LogP contribution < -0.4 is 10.1 Å². The van der Waals surface area contributed by atoms with Crippen molar-refractivity contribution < 1.29 is 4.74 Å². The summed E-state index contributed by atoms with van der Waals surface area (Å²) in [6.45, 7) is 9.63. The number of nitrogens with one attached hydrogen (secondary N) is 1. The van der Waals surface area contributed by atoms with Crippen LogP contribution >= 0.6 is 0 Å². The predicted molar refractivity (Wildman–Crippen MR) is 86.0 cm³/mol. The molecule has 2 nitrogen and oxygen atoms in total. The van der Waals surface area contributed by atoms with E-state index < -0.39 is 0 Å². The van der Waals surface area contributed by atoms with Gasteiger partial charge in [0.2, 0.25) is 0 Å². The molecule has 20 heavy (non-hydrogen) atoms. The Balaban J connectivity index is 2.15. The molecule has 110 valence electrons. The van der Waals surface area contributed by atoms with Gasteiger partial charge >= 0.3 is 0 Å². The molecule has 0 spiro atoms. The molecule has 1 aliphatic carbocycles. The minimum absolute atomic E-state index is 0.205. The van der Waals surface area contributed by atoms with E-state index in [4.69, 9.17) is 4.74 Å². The summed E-state index contributed by atoms with van der Waals surface area (Å²) in [5.74, 6) is 1.53. The van der Waals surface area contributed by atoms with Crippen molar-refractivity contribution in [3.63, 3.8) is 0 Å². The number of benzene rings is 1. The highest BCUT2D eigenvalue weighted by molar-refractivity contribution is 5.60. The fourth-order valence-electron chi connectivity index (χ4n) is 2.13. The largest absolute Gasteiger partial charge is 0.490 e. The van der Waals surface area contributed by atoms with Crippen molar-refractivity contribution in [1.82, 2.24) is 5.32 Å². The first-order chi connectivity index (χ1) is 9.56. The molecule has 0 radical (unpaired) electrons. The van der Waals surface area contributed by atoms with Crippen LogP contribution in [0.1, 0.15) is 46.1 Å². The molecule has 0 aliphatic heterocycles. The Morgan fingerprint density at radius 2 is 1.95 bits per heavy atom. The molecule has 1 N–H and O–H groups in total. The Bertz CT molecular complexity index is 458. The molecule has 1 aromatic rings. The topological polar surface area (TPSA) is 21.3 Å². The Morgan fingerprint density at radius 1 is 1.25 bits per heavy atom. The Morgan fingerprint density at radius 3 is 2.55 bits per heavy atom. The van der Waals surface area contributed by atoms with Crippen LogP contribution in [0.4, 0.5) is 0 Å². The number of rotatable bonds is 7. The Hall–Kier alpha value is -1.28. The van der Waals surface area contributed by atoms with E-state index in [9.17, 15) is 0 Å². The van der Waals surface area contributed by atoms with Gasteiger partial charge in [-0.25, -0.2) is 0 Å². The maximum atomic E-state index is 5.90. The zero-order chi connectivity index (χ0) is 14.5. The van der Waals surface area contributed by atoms with Crippen LogP contribution in [0.2, 0.25) is 0 Å². The number of para-hydroxylation sites is 1. The number of ether oxygens (including phenoxy) is 1. The third kappa shape index (κ3) is 4.68. The zero-order valence-electron chi connectivity index (χ0n) is 13.1. The normalized spacial score (nSPS) is 16.0. The summed E-state index contributed by atoms with van der Waals surface area (Å²) in [6, 6.07) is 9.05. The summed E-state index contributed by atoms with van der Waals surface area (Å²) in [5.41, 5.74) is 2.62. The maximum Gasteiger partial charge on any atom is 0.126 e. The smallest absolute Gasteiger partial charge is 0.126 e. The second-order valence-corrected chi connectivity index (χ2v) is 6.23. The van der Waals surface area contributed by atoms with Gasteiger partial charge in [-0.2, -0.15) is 0 Å². The van der Waals surface area contributed by atoms with Gasteiger partial charge in [0.1, 0.15) is 5.75 Å². The monoisotopic (exact) mass is 273 g/mol. The molecule has 0 unspecified atom stereocenters. The zero-order valence-corrected chi connectivity index (χ0v) is 13.1. The molecule has 0 saturated heterocycles. The van der Waals surface area contributed by atoms with Crippen molar-refractivity contribution in [3.05, 3.63) is 35.4 Å². The van der Waals surface area contributed by atoms with E-state index in [2.05, 4.69) is 57.3 Å². The molecular formula is C18H27NO. The summed E-state index contributed by atoms with van der Waals surface area (Å²) in [7, 11) is 0. The minimum atomic E-state index is 0.205. The van der Waals surface area contributed by atoms with E-state index in [1.54, 1.807) is 0 Å². The van der Waals surface area contributed by atoms with Gasteiger partial charge in [0.25, 0.3) is 0 Å². The van der Waals surface area contributed by atoms with E-state index in [0.717, 1.165) is 18.3 Å². The lowest BCUT2D eigenvalue weighted by atomic mass is 9.99. The average molecular weight is 273 g/mol. The molecule has 0 bridgehead atoms. The standard InChI is InChI=1S/C18H27NO/c1-13(2)16(12-19-17-9-10-17)11-15-7-5-6-8-18(15)20-14(3)4/h5-8,11,13-14,17,19H,9-10,12H2,1-4H3. The van der Waals surface area contributed by atoms with Gasteiger partial charge in [0.15, 0.2) is 0 Å². The molecular weight excluding hydrogens is 246 g/mol. The van der Waals surface area contributed by atoms with Crippen LogP contribution in [0.25, 0.3) is 6.08 Å². The predicted octanol–water partition coefficient (Wildman–Crippen LogP) is 4.27. The van der Waals surface area contributed by atoms with Gasteiger partial charge < -0.3 is 10.1 Å². The molecule has 1 fully saturated rings. The number of hydrogen-bond donors (Lipinski definition) is 1. The first-order valence-electron chi connectivity index (χ1n) is 7.75. The molecule has 1 saturated carbocycles. The molecule has 0 amide bonds. The van der Waals surface area contributed by atoms with E-state index in [0.29, 0.717) is 5.92 Å². The fourth-order valence-corrected chi connectivity index (χ4v) is 2.13. The minimum Gasteiger partial charge on any atom is -0.490 e. The summed E-state index contributed by atoms with van der Waals surface area (Å²) >= 11 is 0. The summed E-state index contributed by atoms with van der Waals surface area (Å²) in [5, 5.41) is 3.61. The fraction of sp³-hybridized carbons (Fsp3) is 0.556. The summed E-state index contributed by atoms with van der Waals surface area (Å²) in [6.07, 6.45) is 5.16. The molecule has 0 aromatic heterocycles. The summed E-state index contributed by atoms with van der Waals surface area (Å²) in [4.78, 5) is 0. The highest BCUT2D eigenvalue weighted by Crippen LogP contribution is 2.25. The van der Waals surface area contributed by atoms with Crippen LogP contribution in [0.3, 0.4) is 0 Å². The van der Waals surface area contributed by atoms with E-state index >= 15 is 0 Å². The van der Waals surface area contributed by atoms with Crippen LogP contribution in [-0.2, 0) is 0 Å². The lowest BCUT2D eigenvalue weighted by Crippen LogP contribution is -2.21. The van der Waals surface area contributed by atoms with Gasteiger partial charge in [0, 0.05) is 18.2 Å². The van der Waals surface area contributed by atoms with Crippen LogP contribution in [0.5, 0.6) is 5.75 Å². The van der Waals surface area contributed by atoms with Crippen molar-refractivity contribution in [2.24, 2.45) is 5.92 Å². The maximum absolute atomic E-state index is 5.90. The third-order valence-electron chi connectivity index (χ3n) is 3.54. The van der Waals surface area contributed by atoms with Gasteiger partial charge in [-0.05, 0) is 38.7 Å². The number of hydrogen-bond acceptors (Lipinski definition) is 2. The van der Waals surface area contributed by atoms with Crippen LogP contribution in [-0.4, -0.2) is 18.7 Å². The lowest BCUT2D eigenvalue weighted by molar-refractivity contribution is 0.242. The van der Waals surface area contributed by atoms with Crippen molar-refractivity contribution in [2.45, 2.75) is 52.7 Å². The second-order valence-electron chi connectivity index (χ2n) is 6.23. The van der Waals surface area contributed by atoms with Crippen molar-refractivity contribution in [2.75, 3.05) is 6.54 Å². The van der Waals surface area contributed by atoms with Crippen LogP contribution in [0, 0.1) is 5.92 Å². The van der Waals surface area contributed by atoms with Gasteiger partial charge in [-0.3, -0.25) is 0 Å².